The van der Waals surface area contributed by atoms with E-state index in [4.69, 9.17) is 11.6 Å². The molecule has 0 bridgehead atoms. The minimum absolute atomic E-state index is 0.413. The molecular weight excluding hydrogens is 362 g/mol. The van der Waals surface area contributed by atoms with Gasteiger partial charge < -0.3 is 5.32 Å². The van der Waals surface area contributed by atoms with Gasteiger partial charge in [-0.05, 0) is 64.0 Å². The van der Waals surface area contributed by atoms with Gasteiger partial charge in [-0.3, -0.25) is 0 Å². The van der Waals surface area contributed by atoms with Gasteiger partial charge in [0.15, 0.2) is 0 Å². The maximum Gasteiger partial charge on any atom is 0.0701 e. The predicted molar refractivity (Wildman–Crippen MR) is 88.4 cm³/mol. The topological polar surface area (TPSA) is 12.0 Å². The van der Waals surface area contributed by atoms with Crippen molar-refractivity contribution in [3.05, 3.63) is 49.6 Å². The van der Waals surface area contributed by atoms with E-state index in [1.54, 1.807) is 11.3 Å². The van der Waals surface area contributed by atoms with Crippen molar-refractivity contribution in [3.63, 3.8) is 0 Å². The van der Waals surface area contributed by atoms with Crippen molar-refractivity contribution < 1.29 is 0 Å². The molecule has 5 heteroatoms. The number of halogens is 2. The lowest BCUT2D eigenvalue weighted by Crippen LogP contribution is -2.23. The van der Waals surface area contributed by atoms with E-state index >= 15 is 0 Å². The van der Waals surface area contributed by atoms with Gasteiger partial charge in [-0.25, -0.2) is 0 Å². The number of thioether (sulfide) groups is 1. The SMILES string of the molecule is Clc1ccc2c(c1)C(NCc1ccc(Br)s1)CCS2. The minimum atomic E-state index is 0.413. The Hall–Kier alpha value is -0.000000000000000111. The van der Waals surface area contributed by atoms with Crippen LogP contribution in [-0.4, -0.2) is 5.75 Å². The van der Waals surface area contributed by atoms with Crippen LogP contribution in [0, 0.1) is 0 Å². The maximum absolute atomic E-state index is 6.12. The molecule has 1 aromatic heterocycles. The third-order valence-electron chi connectivity index (χ3n) is 3.16. The largest absolute Gasteiger partial charge is 0.305 e. The summed E-state index contributed by atoms with van der Waals surface area (Å²) in [5, 5.41) is 4.48. The van der Waals surface area contributed by atoms with E-state index in [0.29, 0.717) is 6.04 Å². The molecule has 0 saturated carbocycles. The van der Waals surface area contributed by atoms with Gasteiger partial charge >= 0.3 is 0 Å². The highest BCUT2D eigenvalue weighted by molar-refractivity contribution is 9.11. The lowest BCUT2D eigenvalue weighted by molar-refractivity contribution is 0.513. The first-order valence-corrected chi connectivity index (χ1v) is 9.09. The molecule has 1 atom stereocenters. The Morgan fingerprint density at radius 2 is 2.21 bits per heavy atom. The number of nitrogens with one attached hydrogen (secondary N) is 1. The number of fused-ring (bicyclic) bond motifs is 1. The summed E-state index contributed by atoms with van der Waals surface area (Å²) in [6.07, 6.45) is 1.16. The molecule has 2 aromatic rings. The molecule has 1 aliphatic heterocycles. The predicted octanol–water partition coefficient (Wildman–Crippen LogP) is 5.49. The standard InChI is InChI=1S/C14H13BrClNS2/c15-14-4-2-10(19-14)8-17-12-5-6-18-13-3-1-9(16)7-11(12)13/h1-4,7,12,17H,5-6,8H2. The van der Waals surface area contributed by atoms with Gasteiger partial charge in [0.2, 0.25) is 0 Å². The zero-order valence-electron chi connectivity index (χ0n) is 10.2. The Balaban J connectivity index is 1.74. The minimum Gasteiger partial charge on any atom is -0.305 e. The van der Waals surface area contributed by atoms with Gasteiger partial charge in [-0.1, -0.05) is 11.6 Å². The Bertz CT molecular complexity index is 585. The molecule has 2 heterocycles. The van der Waals surface area contributed by atoms with Crippen LogP contribution in [0.4, 0.5) is 0 Å². The van der Waals surface area contributed by atoms with Gasteiger partial charge in [-0.15, -0.1) is 23.1 Å². The van der Waals surface area contributed by atoms with Gasteiger partial charge in [0.1, 0.15) is 0 Å². The van der Waals surface area contributed by atoms with Crippen LogP contribution in [-0.2, 0) is 6.54 Å². The summed E-state index contributed by atoms with van der Waals surface area (Å²) < 4.78 is 1.19. The summed E-state index contributed by atoms with van der Waals surface area (Å²) >= 11 is 13.3. The monoisotopic (exact) mass is 373 g/mol. The fraction of sp³-hybridized carbons (Fsp3) is 0.286. The summed E-state index contributed by atoms with van der Waals surface area (Å²) in [4.78, 5) is 2.72. The molecule has 0 fully saturated rings. The first-order chi connectivity index (χ1) is 9.22. The molecule has 3 rings (SSSR count). The van der Waals surface area contributed by atoms with Crippen LogP contribution in [0.25, 0.3) is 0 Å². The summed E-state index contributed by atoms with van der Waals surface area (Å²) in [5.74, 6) is 1.17. The van der Waals surface area contributed by atoms with Crippen LogP contribution in [0.5, 0.6) is 0 Å². The van der Waals surface area contributed by atoms with Crippen molar-refractivity contribution in [1.82, 2.24) is 5.32 Å². The fourth-order valence-electron chi connectivity index (χ4n) is 2.25. The molecule has 1 aromatic carbocycles. The van der Waals surface area contributed by atoms with E-state index < -0.39 is 0 Å². The lowest BCUT2D eigenvalue weighted by atomic mass is 10.0. The van der Waals surface area contributed by atoms with Crippen LogP contribution in [0.1, 0.15) is 22.9 Å². The van der Waals surface area contributed by atoms with Crippen LogP contribution in [0.15, 0.2) is 39.0 Å². The molecule has 100 valence electrons. The van der Waals surface area contributed by atoms with Crippen LogP contribution in [0.3, 0.4) is 0 Å². The molecule has 0 amide bonds. The van der Waals surface area contributed by atoms with E-state index in [1.165, 1.54) is 24.9 Å². The van der Waals surface area contributed by atoms with Gasteiger partial charge in [0, 0.05) is 27.4 Å². The molecule has 1 unspecified atom stereocenters. The second kappa shape index (κ2) is 6.19. The average Bonchev–Trinajstić information content (AvgIpc) is 2.82. The zero-order chi connectivity index (χ0) is 13.2. The van der Waals surface area contributed by atoms with Crippen molar-refractivity contribution in [2.45, 2.75) is 23.9 Å². The van der Waals surface area contributed by atoms with Crippen LogP contribution < -0.4 is 5.32 Å². The quantitative estimate of drug-likeness (QED) is 0.762. The van der Waals surface area contributed by atoms with Crippen molar-refractivity contribution in [3.8, 4) is 0 Å². The van der Waals surface area contributed by atoms with E-state index in [2.05, 4.69) is 45.5 Å². The highest BCUT2D eigenvalue weighted by Gasteiger charge is 2.20. The van der Waals surface area contributed by atoms with Gasteiger partial charge in [-0.2, -0.15) is 0 Å². The van der Waals surface area contributed by atoms with E-state index in [9.17, 15) is 0 Å². The maximum atomic E-state index is 6.12. The first-order valence-electron chi connectivity index (χ1n) is 6.12. The van der Waals surface area contributed by atoms with Crippen molar-refractivity contribution in [2.75, 3.05) is 5.75 Å². The average molecular weight is 375 g/mol. The summed E-state index contributed by atoms with van der Waals surface area (Å²) in [7, 11) is 0. The number of hydrogen-bond acceptors (Lipinski definition) is 3. The number of hydrogen-bond donors (Lipinski definition) is 1. The third-order valence-corrected chi connectivity index (χ3v) is 6.14. The van der Waals surface area contributed by atoms with E-state index in [1.807, 2.05) is 17.8 Å². The molecule has 0 spiro atoms. The smallest absolute Gasteiger partial charge is 0.0701 e. The van der Waals surface area contributed by atoms with Crippen molar-refractivity contribution in [1.29, 1.82) is 0 Å². The summed E-state index contributed by atoms with van der Waals surface area (Å²) in [6, 6.07) is 10.9. The number of benzene rings is 1. The normalized spacial score (nSPS) is 18.3. The highest BCUT2D eigenvalue weighted by Crippen LogP contribution is 2.37. The van der Waals surface area contributed by atoms with Crippen molar-refractivity contribution in [2.24, 2.45) is 0 Å². The second-order valence-electron chi connectivity index (χ2n) is 4.46. The summed E-state index contributed by atoms with van der Waals surface area (Å²) in [5.41, 5.74) is 1.35. The van der Waals surface area contributed by atoms with Crippen LogP contribution in [0.2, 0.25) is 5.02 Å². The summed E-state index contributed by atoms with van der Waals surface area (Å²) in [6.45, 7) is 0.914. The Kier molecular flexibility index (Phi) is 4.54. The van der Waals surface area contributed by atoms with Crippen LogP contribution >= 0.6 is 50.6 Å². The van der Waals surface area contributed by atoms with E-state index in [-0.39, 0.29) is 0 Å². The molecule has 1 nitrogen and oxygen atoms in total. The zero-order valence-corrected chi connectivity index (χ0v) is 14.1. The fourth-order valence-corrected chi connectivity index (χ4v) is 4.97. The molecule has 0 radical (unpaired) electrons. The second-order valence-corrected chi connectivity index (χ2v) is 8.58. The van der Waals surface area contributed by atoms with Gasteiger partial charge in [0.05, 0.1) is 3.79 Å². The number of thiophene rings is 1. The van der Waals surface area contributed by atoms with E-state index in [0.717, 1.165) is 18.0 Å². The molecule has 1 aliphatic rings. The third kappa shape index (κ3) is 3.37. The Morgan fingerprint density at radius 3 is 3.00 bits per heavy atom. The lowest BCUT2D eigenvalue weighted by Gasteiger charge is -2.26. The molecule has 1 N–H and O–H groups in total. The van der Waals surface area contributed by atoms with Gasteiger partial charge in [0.25, 0.3) is 0 Å². The molecular formula is C14H13BrClNS2. The highest BCUT2D eigenvalue weighted by atomic mass is 79.9. The first kappa shape index (κ1) is 14.0. The Labute approximate surface area is 134 Å². The van der Waals surface area contributed by atoms with Crippen molar-refractivity contribution >= 4 is 50.6 Å². The molecule has 19 heavy (non-hydrogen) atoms. The Morgan fingerprint density at radius 1 is 1.32 bits per heavy atom. The molecule has 0 saturated heterocycles. The number of rotatable bonds is 3. The molecule has 0 aliphatic carbocycles.